The zero-order valence-electron chi connectivity index (χ0n) is 13.6. The number of aromatic nitrogens is 1. The van der Waals surface area contributed by atoms with E-state index in [1.807, 2.05) is 35.2 Å². The van der Waals surface area contributed by atoms with Crippen LogP contribution in [0.1, 0.15) is 30.0 Å². The van der Waals surface area contributed by atoms with Crippen LogP contribution < -0.4 is 5.32 Å². The van der Waals surface area contributed by atoms with Crippen LogP contribution in [0, 0.1) is 0 Å². The van der Waals surface area contributed by atoms with Gasteiger partial charge in [0.25, 0.3) is 0 Å². The molecule has 3 rings (SSSR count). The molecule has 1 aromatic heterocycles. The highest BCUT2D eigenvalue weighted by Crippen LogP contribution is 2.27. The monoisotopic (exact) mass is 343 g/mol. The lowest BCUT2D eigenvalue weighted by atomic mass is 9.91. The Morgan fingerprint density at radius 3 is 2.83 bits per heavy atom. The van der Waals surface area contributed by atoms with Gasteiger partial charge in [0.05, 0.1) is 0 Å². The fourth-order valence-corrected chi connectivity index (χ4v) is 3.25. The minimum Gasteiger partial charge on any atom is -0.338 e. The highest BCUT2D eigenvalue weighted by molar-refractivity contribution is 6.30. The van der Waals surface area contributed by atoms with Crippen molar-refractivity contribution in [1.82, 2.24) is 15.2 Å². The number of carbonyl (C=O) groups excluding carboxylic acids is 1. The van der Waals surface area contributed by atoms with E-state index in [0.717, 1.165) is 43.1 Å². The van der Waals surface area contributed by atoms with Crippen LogP contribution in [0.4, 0.5) is 4.79 Å². The lowest BCUT2D eigenvalue weighted by Crippen LogP contribution is -2.45. The lowest BCUT2D eigenvalue weighted by molar-refractivity contribution is 0.180. The van der Waals surface area contributed by atoms with Gasteiger partial charge in [-0.15, -0.1) is 0 Å². The first-order valence-corrected chi connectivity index (χ1v) is 8.78. The Hall–Kier alpha value is -2.07. The number of likely N-dealkylation sites (tertiary alicyclic amines) is 1. The van der Waals surface area contributed by atoms with Gasteiger partial charge in [-0.25, -0.2) is 4.79 Å². The number of benzene rings is 1. The number of rotatable bonds is 4. The van der Waals surface area contributed by atoms with Crippen molar-refractivity contribution >= 4 is 17.6 Å². The van der Waals surface area contributed by atoms with Gasteiger partial charge in [0, 0.05) is 48.9 Å². The summed E-state index contributed by atoms with van der Waals surface area (Å²) in [5.74, 6) is 0.387. The van der Waals surface area contributed by atoms with E-state index in [1.165, 1.54) is 5.56 Å². The molecule has 1 N–H and O–H groups in total. The minimum absolute atomic E-state index is 0.0181. The van der Waals surface area contributed by atoms with Gasteiger partial charge in [-0.2, -0.15) is 0 Å². The second-order valence-corrected chi connectivity index (χ2v) is 6.58. The summed E-state index contributed by atoms with van der Waals surface area (Å²) in [6.07, 6.45) is 4.67. The first kappa shape index (κ1) is 16.8. The topological polar surface area (TPSA) is 45.2 Å². The van der Waals surface area contributed by atoms with Gasteiger partial charge in [0.1, 0.15) is 0 Å². The maximum atomic E-state index is 12.4. The molecule has 0 bridgehead atoms. The third-order valence-corrected chi connectivity index (χ3v) is 4.69. The number of hydrogen-bond donors (Lipinski definition) is 1. The van der Waals surface area contributed by atoms with E-state index >= 15 is 0 Å². The first-order valence-electron chi connectivity index (χ1n) is 8.40. The molecular formula is C19H22ClN3O. The van der Waals surface area contributed by atoms with Crippen LogP contribution in [-0.4, -0.2) is 35.5 Å². The Morgan fingerprint density at radius 1 is 1.25 bits per heavy atom. The lowest BCUT2D eigenvalue weighted by Gasteiger charge is -2.33. The molecule has 1 aliphatic rings. The molecule has 1 atom stereocenters. The Morgan fingerprint density at radius 2 is 2.08 bits per heavy atom. The molecular weight excluding hydrogens is 322 g/mol. The molecule has 2 amide bonds. The quantitative estimate of drug-likeness (QED) is 0.916. The highest BCUT2D eigenvalue weighted by atomic mass is 35.5. The molecule has 0 saturated carbocycles. The Bertz CT molecular complexity index is 660. The number of halogens is 1. The summed E-state index contributed by atoms with van der Waals surface area (Å²) in [7, 11) is 0. The van der Waals surface area contributed by atoms with E-state index in [9.17, 15) is 4.79 Å². The summed E-state index contributed by atoms with van der Waals surface area (Å²) in [6.45, 7) is 2.19. The largest absolute Gasteiger partial charge is 0.338 e. The molecule has 0 aliphatic carbocycles. The summed E-state index contributed by atoms with van der Waals surface area (Å²) < 4.78 is 0. The van der Waals surface area contributed by atoms with E-state index in [4.69, 9.17) is 11.6 Å². The van der Waals surface area contributed by atoms with Crippen molar-refractivity contribution in [2.75, 3.05) is 19.6 Å². The van der Waals surface area contributed by atoms with Crippen LogP contribution in [0.3, 0.4) is 0 Å². The fourth-order valence-electron chi connectivity index (χ4n) is 3.12. The summed E-state index contributed by atoms with van der Waals surface area (Å²) >= 11 is 5.96. The Balaban J connectivity index is 1.50. The summed E-state index contributed by atoms with van der Waals surface area (Å²) in [5, 5.41) is 3.76. The maximum absolute atomic E-state index is 12.4. The van der Waals surface area contributed by atoms with Gasteiger partial charge in [-0.3, -0.25) is 4.98 Å². The van der Waals surface area contributed by atoms with Crippen molar-refractivity contribution in [2.45, 2.75) is 25.2 Å². The number of nitrogens with one attached hydrogen (secondary N) is 1. The Labute approximate surface area is 147 Å². The smallest absolute Gasteiger partial charge is 0.317 e. The van der Waals surface area contributed by atoms with E-state index in [2.05, 4.69) is 22.4 Å². The molecule has 0 radical (unpaired) electrons. The van der Waals surface area contributed by atoms with E-state index in [0.29, 0.717) is 12.5 Å². The minimum atomic E-state index is 0.0181. The predicted molar refractivity (Wildman–Crippen MR) is 96.3 cm³/mol. The van der Waals surface area contributed by atoms with Crippen molar-refractivity contribution in [1.29, 1.82) is 0 Å². The molecule has 2 heterocycles. The number of piperidine rings is 1. The van der Waals surface area contributed by atoms with Gasteiger partial charge < -0.3 is 10.2 Å². The Kier molecular flexibility index (Phi) is 5.70. The molecule has 1 aromatic carbocycles. The average molecular weight is 344 g/mol. The average Bonchev–Trinajstić information content (AvgIpc) is 2.63. The van der Waals surface area contributed by atoms with Gasteiger partial charge in [-0.1, -0.05) is 29.8 Å². The van der Waals surface area contributed by atoms with Crippen LogP contribution in [0.2, 0.25) is 5.02 Å². The summed E-state index contributed by atoms with van der Waals surface area (Å²) in [5.41, 5.74) is 2.25. The van der Waals surface area contributed by atoms with Crippen molar-refractivity contribution < 1.29 is 4.79 Å². The zero-order valence-corrected chi connectivity index (χ0v) is 14.4. The highest BCUT2D eigenvalue weighted by Gasteiger charge is 2.24. The number of pyridine rings is 1. The van der Waals surface area contributed by atoms with Crippen molar-refractivity contribution in [3.63, 3.8) is 0 Å². The van der Waals surface area contributed by atoms with E-state index in [1.54, 1.807) is 6.20 Å². The molecule has 5 heteroatoms. The first-order chi connectivity index (χ1) is 11.7. The normalized spacial score (nSPS) is 17.5. The van der Waals surface area contributed by atoms with Crippen LogP contribution in [0.25, 0.3) is 0 Å². The second-order valence-electron chi connectivity index (χ2n) is 6.14. The second kappa shape index (κ2) is 8.15. The maximum Gasteiger partial charge on any atom is 0.317 e. The molecule has 0 unspecified atom stereocenters. The molecule has 24 heavy (non-hydrogen) atoms. The molecule has 126 valence electrons. The fraction of sp³-hybridized carbons (Fsp3) is 0.368. The standard InChI is InChI=1S/C19H22ClN3O/c20-17-8-6-15(7-9-17)16-4-3-13-23(14-16)19(24)22-12-10-18-5-1-2-11-21-18/h1-2,5-9,11,16H,3-4,10,12-14H2,(H,22,24)/t16-/m0/s1. The number of nitrogens with zero attached hydrogens (tertiary/aromatic N) is 2. The summed E-state index contributed by atoms with van der Waals surface area (Å²) in [6, 6.07) is 13.8. The van der Waals surface area contributed by atoms with Crippen LogP contribution >= 0.6 is 11.6 Å². The van der Waals surface area contributed by atoms with Gasteiger partial charge >= 0.3 is 6.03 Å². The molecule has 2 aromatic rings. The van der Waals surface area contributed by atoms with Gasteiger partial charge in [0.15, 0.2) is 0 Å². The molecule has 1 saturated heterocycles. The van der Waals surface area contributed by atoms with Crippen LogP contribution in [0.15, 0.2) is 48.7 Å². The number of amides is 2. The number of carbonyl (C=O) groups is 1. The van der Waals surface area contributed by atoms with Crippen molar-refractivity contribution in [2.24, 2.45) is 0 Å². The number of hydrogen-bond acceptors (Lipinski definition) is 2. The zero-order chi connectivity index (χ0) is 16.8. The molecule has 0 spiro atoms. The van der Waals surface area contributed by atoms with Crippen molar-refractivity contribution in [3.8, 4) is 0 Å². The molecule has 4 nitrogen and oxygen atoms in total. The van der Waals surface area contributed by atoms with Gasteiger partial charge in [-0.05, 0) is 42.7 Å². The van der Waals surface area contributed by atoms with E-state index < -0.39 is 0 Å². The third kappa shape index (κ3) is 4.48. The third-order valence-electron chi connectivity index (χ3n) is 4.43. The van der Waals surface area contributed by atoms with Crippen molar-refractivity contribution in [3.05, 3.63) is 64.9 Å². The predicted octanol–water partition coefficient (Wildman–Crippen LogP) is 3.87. The van der Waals surface area contributed by atoms with Crippen LogP contribution in [-0.2, 0) is 6.42 Å². The molecule has 1 aliphatic heterocycles. The summed E-state index contributed by atoms with van der Waals surface area (Å²) in [4.78, 5) is 18.6. The van der Waals surface area contributed by atoms with Gasteiger partial charge in [0.2, 0.25) is 0 Å². The SMILES string of the molecule is O=C(NCCc1ccccn1)N1CCC[C@H](c2ccc(Cl)cc2)C1. The molecule has 1 fully saturated rings. The van der Waals surface area contributed by atoms with E-state index in [-0.39, 0.29) is 6.03 Å². The number of urea groups is 1. The van der Waals surface area contributed by atoms with Crippen LogP contribution in [0.5, 0.6) is 0 Å².